The standard InChI is InChI=1S/C10H10BrN3O4/c11-9-6(2-1-3-12-9)10(18)14-4-7(15)13-5-8(16)17/h1-3H,4-5H2,(H,13,15)(H,14,18)(H,16,17). The lowest BCUT2D eigenvalue weighted by molar-refractivity contribution is -0.137. The molecule has 2 amide bonds. The molecule has 1 aromatic rings. The molecule has 18 heavy (non-hydrogen) atoms. The molecule has 7 nitrogen and oxygen atoms in total. The smallest absolute Gasteiger partial charge is 0.322 e. The number of nitrogens with one attached hydrogen (secondary N) is 2. The van der Waals surface area contributed by atoms with Gasteiger partial charge in [0.05, 0.1) is 12.1 Å². The Morgan fingerprint density at radius 3 is 2.61 bits per heavy atom. The number of carboxylic acid groups (broad SMARTS) is 1. The van der Waals surface area contributed by atoms with Crippen molar-refractivity contribution in [2.45, 2.75) is 0 Å². The minimum atomic E-state index is -1.15. The fourth-order valence-electron chi connectivity index (χ4n) is 1.05. The van der Waals surface area contributed by atoms with E-state index in [1.54, 1.807) is 12.1 Å². The lowest BCUT2D eigenvalue weighted by Gasteiger charge is -2.06. The Morgan fingerprint density at radius 1 is 1.28 bits per heavy atom. The van der Waals surface area contributed by atoms with Gasteiger partial charge in [0.2, 0.25) is 5.91 Å². The Labute approximate surface area is 111 Å². The molecule has 0 saturated heterocycles. The maximum atomic E-state index is 11.6. The highest BCUT2D eigenvalue weighted by molar-refractivity contribution is 9.10. The minimum Gasteiger partial charge on any atom is -0.480 e. The van der Waals surface area contributed by atoms with Crippen LogP contribution < -0.4 is 10.6 Å². The number of hydrogen-bond acceptors (Lipinski definition) is 4. The first-order chi connectivity index (χ1) is 8.50. The molecule has 96 valence electrons. The third-order valence-electron chi connectivity index (χ3n) is 1.85. The third-order valence-corrected chi connectivity index (χ3v) is 2.48. The van der Waals surface area contributed by atoms with Crippen LogP contribution in [0.4, 0.5) is 0 Å². The van der Waals surface area contributed by atoms with Crippen molar-refractivity contribution in [2.75, 3.05) is 13.1 Å². The van der Waals surface area contributed by atoms with Gasteiger partial charge < -0.3 is 15.7 Å². The van der Waals surface area contributed by atoms with Crippen LogP contribution in [0.3, 0.4) is 0 Å². The van der Waals surface area contributed by atoms with Gasteiger partial charge in [-0.05, 0) is 28.1 Å². The normalized spacial score (nSPS) is 9.61. The molecule has 0 saturated carbocycles. The Kier molecular flexibility index (Phi) is 5.25. The molecule has 1 aromatic heterocycles. The number of amides is 2. The van der Waals surface area contributed by atoms with Gasteiger partial charge in [-0.2, -0.15) is 0 Å². The van der Waals surface area contributed by atoms with Crippen LogP contribution in [0.25, 0.3) is 0 Å². The number of nitrogens with zero attached hydrogens (tertiary/aromatic N) is 1. The zero-order valence-electron chi connectivity index (χ0n) is 9.14. The summed E-state index contributed by atoms with van der Waals surface area (Å²) in [5.74, 6) is -2.20. The van der Waals surface area contributed by atoms with Crippen molar-refractivity contribution < 1.29 is 19.5 Å². The van der Waals surface area contributed by atoms with Gasteiger partial charge in [0, 0.05) is 6.20 Å². The van der Waals surface area contributed by atoms with E-state index in [1.807, 2.05) is 0 Å². The van der Waals surface area contributed by atoms with Crippen LogP contribution in [0.2, 0.25) is 0 Å². The number of carboxylic acids is 1. The molecule has 1 rings (SSSR count). The highest BCUT2D eigenvalue weighted by Gasteiger charge is 2.11. The van der Waals surface area contributed by atoms with E-state index < -0.39 is 24.3 Å². The average Bonchev–Trinajstić information content (AvgIpc) is 2.34. The molecule has 0 spiro atoms. The summed E-state index contributed by atoms with van der Waals surface area (Å²) in [6.45, 7) is -0.779. The second-order valence-electron chi connectivity index (χ2n) is 3.19. The van der Waals surface area contributed by atoms with E-state index in [4.69, 9.17) is 5.11 Å². The molecule has 0 fully saturated rings. The van der Waals surface area contributed by atoms with Gasteiger partial charge in [-0.1, -0.05) is 0 Å². The van der Waals surface area contributed by atoms with Crippen molar-refractivity contribution >= 4 is 33.7 Å². The van der Waals surface area contributed by atoms with E-state index in [0.717, 1.165) is 0 Å². The van der Waals surface area contributed by atoms with E-state index in [-0.39, 0.29) is 6.54 Å². The summed E-state index contributed by atoms with van der Waals surface area (Å²) < 4.78 is 0.369. The molecule has 0 atom stereocenters. The van der Waals surface area contributed by atoms with E-state index in [9.17, 15) is 14.4 Å². The number of pyridine rings is 1. The molecule has 3 N–H and O–H groups in total. The van der Waals surface area contributed by atoms with Crippen LogP contribution in [0.5, 0.6) is 0 Å². The lowest BCUT2D eigenvalue weighted by Crippen LogP contribution is -2.39. The predicted molar refractivity (Wildman–Crippen MR) is 64.9 cm³/mol. The van der Waals surface area contributed by atoms with Crippen LogP contribution in [0.1, 0.15) is 10.4 Å². The number of rotatable bonds is 5. The first kappa shape index (κ1) is 14.1. The highest BCUT2D eigenvalue weighted by Crippen LogP contribution is 2.11. The van der Waals surface area contributed by atoms with E-state index in [0.29, 0.717) is 10.2 Å². The van der Waals surface area contributed by atoms with Crippen LogP contribution in [-0.4, -0.2) is 41.0 Å². The maximum Gasteiger partial charge on any atom is 0.322 e. The first-order valence-electron chi connectivity index (χ1n) is 4.88. The molecular formula is C10H10BrN3O4. The molecule has 0 aliphatic carbocycles. The summed E-state index contributed by atoms with van der Waals surface area (Å²) in [6, 6.07) is 3.13. The van der Waals surface area contributed by atoms with Gasteiger partial charge in [0.1, 0.15) is 11.1 Å². The maximum absolute atomic E-state index is 11.6. The Balaban J connectivity index is 2.45. The lowest BCUT2D eigenvalue weighted by atomic mass is 10.3. The monoisotopic (exact) mass is 315 g/mol. The van der Waals surface area contributed by atoms with Crippen molar-refractivity contribution in [1.82, 2.24) is 15.6 Å². The molecule has 1 heterocycles. The van der Waals surface area contributed by atoms with Crippen LogP contribution in [0.15, 0.2) is 22.9 Å². The van der Waals surface area contributed by atoms with E-state index in [2.05, 4.69) is 31.5 Å². The molecule has 0 aliphatic rings. The SMILES string of the molecule is O=C(O)CNC(=O)CNC(=O)c1cccnc1Br. The third kappa shape index (κ3) is 4.50. The molecule has 0 aliphatic heterocycles. The van der Waals surface area contributed by atoms with Gasteiger partial charge in [-0.15, -0.1) is 0 Å². The Morgan fingerprint density at radius 2 is 2.00 bits per heavy atom. The summed E-state index contributed by atoms with van der Waals surface area (Å²) >= 11 is 3.10. The summed E-state index contributed by atoms with van der Waals surface area (Å²) in [5, 5.41) is 12.8. The van der Waals surface area contributed by atoms with Crippen molar-refractivity contribution in [3.63, 3.8) is 0 Å². The second-order valence-corrected chi connectivity index (χ2v) is 3.95. The molecule has 0 unspecified atom stereocenters. The predicted octanol–water partition coefficient (Wildman–Crippen LogP) is -0.225. The quantitative estimate of drug-likeness (QED) is 0.651. The zero-order chi connectivity index (χ0) is 13.5. The van der Waals surface area contributed by atoms with Crippen molar-refractivity contribution in [2.24, 2.45) is 0 Å². The summed E-state index contributed by atoms with van der Waals surface area (Å²) in [7, 11) is 0. The van der Waals surface area contributed by atoms with Gasteiger partial charge in [0.25, 0.3) is 5.91 Å². The Bertz CT molecular complexity index is 478. The van der Waals surface area contributed by atoms with E-state index >= 15 is 0 Å². The van der Waals surface area contributed by atoms with Crippen molar-refractivity contribution in [3.8, 4) is 0 Å². The van der Waals surface area contributed by atoms with E-state index in [1.165, 1.54) is 6.20 Å². The molecule has 0 aromatic carbocycles. The van der Waals surface area contributed by atoms with Crippen molar-refractivity contribution in [1.29, 1.82) is 0 Å². The summed E-state index contributed by atoms with van der Waals surface area (Å²) in [6.07, 6.45) is 1.51. The van der Waals surface area contributed by atoms with Crippen molar-refractivity contribution in [3.05, 3.63) is 28.5 Å². The first-order valence-corrected chi connectivity index (χ1v) is 5.67. The van der Waals surface area contributed by atoms with Gasteiger partial charge in [-0.25, -0.2) is 4.98 Å². The number of carbonyl (C=O) groups excluding carboxylic acids is 2. The topological polar surface area (TPSA) is 108 Å². The Hall–Kier alpha value is -1.96. The minimum absolute atomic E-state index is 0.295. The largest absolute Gasteiger partial charge is 0.480 e. The fraction of sp³-hybridized carbons (Fsp3) is 0.200. The van der Waals surface area contributed by atoms with Gasteiger partial charge in [0.15, 0.2) is 0 Å². The number of aliphatic carboxylic acids is 1. The zero-order valence-corrected chi connectivity index (χ0v) is 10.7. The van der Waals surface area contributed by atoms with Gasteiger partial charge >= 0.3 is 5.97 Å². The average molecular weight is 316 g/mol. The van der Waals surface area contributed by atoms with Gasteiger partial charge in [-0.3, -0.25) is 14.4 Å². The highest BCUT2D eigenvalue weighted by atomic mass is 79.9. The number of halogens is 1. The number of aromatic nitrogens is 1. The van der Waals surface area contributed by atoms with Crippen LogP contribution >= 0.6 is 15.9 Å². The molecule has 0 radical (unpaired) electrons. The summed E-state index contributed by atoms with van der Waals surface area (Å²) in [4.78, 5) is 36.8. The van der Waals surface area contributed by atoms with Crippen LogP contribution in [0, 0.1) is 0 Å². The summed E-state index contributed by atoms with van der Waals surface area (Å²) in [5.41, 5.74) is 0.295. The number of carbonyl (C=O) groups is 3. The second kappa shape index (κ2) is 6.70. The number of hydrogen-bond donors (Lipinski definition) is 3. The molecular weight excluding hydrogens is 306 g/mol. The van der Waals surface area contributed by atoms with Crippen LogP contribution in [-0.2, 0) is 9.59 Å². The molecule has 0 bridgehead atoms. The molecule has 8 heteroatoms. The fourth-order valence-corrected chi connectivity index (χ4v) is 1.48.